The van der Waals surface area contributed by atoms with Crippen LogP contribution in [0.25, 0.3) is 0 Å². The van der Waals surface area contributed by atoms with Gasteiger partial charge in [-0.05, 0) is 50.3 Å². The van der Waals surface area contributed by atoms with Gasteiger partial charge in [0, 0.05) is 12.6 Å². The van der Waals surface area contributed by atoms with Gasteiger partial charge in [0.1, 0.15) is 0 Å². The Morgan fingerprint density at radius 3 is 2.52 bits per heavy atom. The minimum Gasteiger partial charge on any atom is -0.353 e. The van der Waals surface area contributed by atoms with Gasteiger partial charge in [-0.2, -0.15) is 0 Å². The quantitative estimate of drug-likeness (QED) is 0.903. The molecule has 0 bridgehead atoms. The molecule has 0 aromatic heterocycles. The Kier molecular flexibility index (Phi) is 6.09. The highest BCUT2D eigenvalue weighted by Gasteiger charge is 2.28. The standard InChI is InChI=1S/C20H30N2O/c23-20(15-17-9-3-1-4-10-17)21-19-12-6-5-11-18(19)16-22-13-7-2-8-14-22/h1,3-4,9-10,18-19H,2,5-8,11-16H2,(H,21,23)/t18-,19?/m0/s1. The smallest absolute Gasteiger partial charge is 0.224 e. The van der Waals surface area contributed by atoms with E-state index in [1.54, 1.807) is 0 Å². The molecule has 3 nitrogen and oxygen atoms in total. The first kappa shape index (κ1) is 16.5. The lowest BCUT2D eigenvalue weighted by molar-refractivity contribution is -0.121. The van der Waals surface area contributed by atoms with Crippen molar-refractivity contribution in [1.82, 2.24) is 10.2 Å². The molecule has 1 heterocycles. The summed E-state index contributed by atoms with van der Waals surface area (Å²) in [4.78, 5) is 15.0. The first-order valence-electron chi connectivity index (χ1n) is 9.37. The Labute approximate surface area is 140 Å². The van der Waals surface area contributed by atoms with Crippen molar-refractivity contribution in [1.29, 1.82) is 0 Å². The van der Waals surface area contributed by atoms with Crippen molar-refractivity contribution in [3.8, 4) is 0 Å². The summed E-state index contributed by atoms with van der Waals surface area (Å²) in [5, 5.41) is 3.34. The van der Waals surface area contributed by atoms with E-state index in [2.05, 4.69) is 10.2 Å². The molecule has 1 saturated carbocycles. The summed E-state index contributed by atoms with van der Waals surface area (Å²) in [6.45, 7) is 3.68. The summed E-state index contributed by atoms with van der Waals surface area (Å²) in [7, 11) is 0. The average molecular weight is 314 g/mol. The number of rotatable bonds is 5. The van der Waals surface area contributed by atoms with Crippen molar-refractivity contribution in [3.05, 3.63) is 35.9 Å². The van der Waals surface area contributed by atoms with Crippen molar-refractivity contribution < 1.29 is 4.79 Å². The van der Waals surface area contributed by atoms with Crippen LogP contribution in [0.2, 0.25) is 0 Å². The Hall–Kier alpha value is -1.35. The van der Waals surface area contributed by atoms with E-state index in [1.807, 2.05) is 30.3 Å². The lowest BCUT2D eigenvalue weighted by atomic mass is 9.83. The second-order valence-electron chi connectivity index (χ2n) is 7.24. The van der Waals surface area contributed by atoms with Crippen molar-refractivity contribution in [3.63, 3.8) is 0 Å². The Morgan fingerprint density at radius 1 is 1.00 bits per heavy atom. The van der Waals surface area contributed by atoms with Crippen molar-refractivity contribution in [2.45, 2.75) is 57.4 Å². The third-order valence-electron chi connectivity index (χ3n) is 5.40. The molecule has 126 valence electrons. The van der Waals surface area contributed by atoms with Gasteiger partial charge in [-0.25, -0.2) is 0 Å². The number of nitrogens with one attached hydrogen (secondary N) is 1. The van der Waals surface area contributed by atoms with Gasteiger partial charge in [0.2, 0.25) is 5.91 Å². The molecular weight excluding hydrogens is 284 g/mol. The molecule has 1 amide bonds. The van der Waals surface area contributed by atoms with E-state index in [0.717, 1.165) is 12.0 Å². The summed E-state index contributed by atoms with van der Waals surface area (Å²) in [6.07, 6.45) is 9.59. The molecule has 1 N–H and O–H groups in total. The molecular formula is C20H30N2O. The predicted octanol–water partition coefficient (Wildman–Crippen LogP) is 3.39. The van der Waals surface area contributed by atoms with E-state index in [-0.39, 0.29) is 5.91 Å². The van der Waals surface area contributed by atoms with Crippen LogP contribution in [0.3, 0.4) is 0 Å². The highest BCUT2D eigenvalue weighted by molar-refractivity contribution is 5.78. The van der Waals surface area contributed by atoms with Crippen LogP contribution in [0.4, 0.5) is 0 Å². The zero-order chi connectivity index (χ0) is 15.9. The van der Waals surface area contributed by atoms with E-state index < -0.39 is 0 Å². The fourth-order valence-electron chi connectivity index (χ4n) is 4.13. The van der Waals surface area contributed by atoms with Gasteiger partial charge in [0.05, 0.1) is 6.42 Å². The molecule has 3 rings (SSSR count). The Bertz CT molecular complexity index is 482. The zero-order valence-corrected chi connectivity index (χ0v) is 14.2. The second-order valence-corrected chi connectivity index (χ2v) is 7.24. The third-order valence-corrected chi connectivity index (χ3v) is 5.40. The van der Waals surface area contributed by atoms with Gasteiger partial charge in [-0.15, -0.1) is 0 Å². The molecule has 0 radical (unpaired) electrons. The fraction of sp³-hybridized carbons (Fsp3) is 0.650. The molecule has 2 atom stereocenters. The van der Waals surface area contributed by atoms with E-state index in [0.29, 0.717) is 18.4 Å². The number of hydrogen-bond donors (Lipinski definition) is 1. The van der Waals surface area contributed by atoms with Crippen LogP contribution >= 0.6 is 0 Å². The van der Waals surface area contributed by atoms with E-state index >= 15 is 0 Å². The fourth-order valence-corrected chi connectivity index (χ4v) is 4.13. The lowest BCUT2D eigenvalue weighted by Gasteiger charge is -2.37. The van der Waals surface area contributed by atoms with Gasteiger partial charge in [0.15, 0.2) is 0 Å². The summed E-state index contributed by atoms with van der Waals surface area (Å²) >= 11 is 0. The number of nitrogens with zero attached hydrogens (tertiary/aromatic N) is 1. The highest BCUT2D eigenvalue weighted by Crippen LogP contribution is 2.26. The minimum absolute atomic E-state index is 0.187. The third kappa shape index (κ3) is 5.07. The number of carbonyl (C=O) groups excluding carboxylic acids is 1. The van der Waals surface area contributed by atoms with Crippen molar-refractivity contribution >= 4 is 5.91 Å². The molecule has 2 aliphatic rings. The summed E-state index contributed by atoms with van der Waals surface area (Å²) in [5.74, 6) is 0.827. The molecule has 0 spiro atoms. The topological polar surface area (TPSA) is 32.3 Å². The second kappa shape index (κ2) is 8.49. The predicted molar refractivity (Wildman–Crippen MR) is 94.3 cm³/mol. The number of amides is 1. The van der Waals surface area contributed by atoms with E-state index in [1.165, 1.54) is 58.2 Å². The van der Waals surface area contributed by atoms with Gasteiger partial charge in [0.25, 0.3) is 0 Å². The molecule has 1 aliphatic carbocycles. The number of carbonyl (C=O) groups is 1. The van der Waals surface area contributed by atoms with Crippen LogP contribution in [0.5, 0.6) is 0 Å². The summed E-state index contributed by atoms with van der Waals surface area (Å²) in [5.41, 5.74) is 1.10. The lowest BCUT2D eigenvalue weighted by Crippen LogP contribution is -2.47. The maximum Gasteiger partial charge on any atom is 0.224 e. The number of benzene rings is 1. The number of piperidine rings is 1. The highest BCUT2D eigenvalue weighted by atomic mass is 16.1. The van der Waals surface area contributed by atoms with Crippen LogP contribution in [0, 0.1) is 5.92 Å². The van der Waals surface area contributed by atoms with Crippen LogP contribution in [-0.2, 0) is 11.2 Å². The van der Waals surface area contributed by atoms with Crippen LogP contribution in [0.1, 0.15) is 50.5 Å². The maximum atomic E-state index is 12.4. The molecule has 1 aromatic rings. The van der Waals surface area contributed by atoms with Crippen LogP contribution in [-0.4, -0.2) is 36.5 Å². The first-order valence-corrected chi connectivity index (χ1v) is 9.37. The molecule has 23 heavy (non-hydrogen) atoms. The average Bonchev–Trinajstić information content (AvgIpc) is 2.58. The summed E-state index contributed by atoms with van der Waals surface area (Å²) < 4.78 is 0. The number of hydrogen-bond acceptors (Lipinski definition) is 2. The molecule has 2 fully saturated rings. The largest absolute Gasteiger partial charge is 0.353 e. The molecule has 1 aliphatic heterocycles. The monoisotopic (exact) mass is 314 g/mol. The zero-order valence-electron chi connectivity index (χ0n) is 14.2. The summed E-state index contributed by atoms with van der Waals surface area (Å²) in [6, 6.07) is 10.4. The minimum atomic E-state index is 0.187. The van der Waals surface area contributed by atoms with Gasteiger partial charge in [-0.3, -0.25) is 4.79 Å². The van der Waals surface area contributed by atoms with E-state index in [4.69, 9.17) is 0 Å². The maximum absolute atomic E-state index is 12.4. The molecule has 1 aromatic carbocycles. The first-order chi connectivity index (χ1) is 11.3. The van der Waals surface area contributed by atoms with E-state index in [9.17, 15) is 4.79 Å². The molecule has 3 heteroatoms. The van der Waals surface area contributed by atoms with Crippen LogP contribution < -0.4 is 5.32 Å². The Balaban J connectivity index is 1.52. The SMILES string of the molecule is O=C(Cc1ccccc1)NC1CCCC[C@H]1CN1CCCCC1. The van der Waals surface area contributed by atoms with Crippen LogP contribution in [0.15, 0.2) is 30.3 Å². The van der Waals surface area contributed by atoms with Gasteiger partial charge < -0.3 is 10.2 Å². The van der Waals surface area contributed by atoms with Crippen molar-refractivity contribution in [2.24, 2.45) is 5.92 Å². The Morgan fingerprint density at radius 2 is 1.74 bits per heavy atom. The number of likely N-dealkylation sites (tertiary alicyclic amines) is 1. The van der Waals surface area contributed by atoms with Gasteiger partial charge >= 0.3 is 0 Å². The van der Waals surface area contributed by atoms with Crippen molar-refractivity contribution in [2.75, 3.05) is 19.6 Å². The molecule has 1 unspecified atom stereocenters. The van der Waals surface area contributed by atoms with Gasteiger partial charge in [-0.1, -0.05) is 49.6 Å². The normalized spacial score (nSPS) is 25.9. The molecule has 1 saturated heterocycles.